The molecule has 0 saturated heterocycles. The summed E-state index contributed by atoms with van der Waals surface area (Å²) in [5.41, 5.74) is 1.60. The van der Waals surface area contributed by atoms with E-state index in [4.69, 9.17) is 5.11 Å². The number of carbonyl (C=O) groups excluding carboxylic acids is 1. The van der Waals surface area contributed by atoms with Gasteiger partial charge in [0.25, 0.3) is 5.91 Å². The maximum Gasteiger partial charge on any atom is 0.254 e. The van der Waals surface area contributed by atoms with E-state index >= 15 is 0 Å². The third kappa shape index (κ3) is 2.83. The van der Waals surface area contributed by atoms with Crippen molar-refractivity contribution in [1.82, 2.24) is 4.90 Å². The van der Waals surface area contributed by atoms with Crippen molar-refractivity contribution in [2.45, 2.75) is 19.9 Å². The number of likely N-dealkylation sites (N-methyl/N-ethyl adjacent to an activating group) is 1. The van der Waals surface area contributed by atoms with E-state index in [0.29, 0.717) is 5.56 Å². The van der Waals surface area contributed by atoms with Crippen molar-refractivity contribution in [3.05, 3.63) is 33.8 Å². The summed E-state index contributed by atoms with van der Waals surface area (Å²) in [4.78, 5) is 13.7. The van der Waals surface area contributed by atoms with E-state index in [2.05, 4.69) is 15.9 Å². The summed E-state index contributed by atoms with van der Waals surface area (Å²) in [7, 11) is 1.70. The molecule has 0 aromatic heterocycles. The van der Waals surface area contributed by atoms with Gasteiger partial charge in [-0.05, 0) is 31.5 Å². The number of carbonyl (C=O) groups is 1. The fourth-order valence-electron chi connectivity index (χ4n) is 1.34. The lowest BCUT2D eigenvalue weighted by molar-refractivity contribution is 0.0681. The predicted octanol–water partition coefficient (Wildman–Crippen LogP) is 2.21. The predicted molar refractivity (Wildman–Crippen MR) is 67.5 cm³/mol. The van der Waals surface area contributed by atoms with Gasteiger partial charge in [0.1, 0.15) is 0 Å². The first-order chi connectivity index (χ1) is 7.47. The largest absolute Gasteiger partial charge is 0.394 e. The van der Waals surface area contributed by atoms with Crippen molar-refractivity contribution < 1.29 is 9.90 Å². The average Bonchev–Trinajstić information content (AvgIpc) is 2.29. The second kappa shape index (κ2) is 5.46. The molecule has 88 valence electrons. The maximum atomic E-state index is 12.1. The monoisotopic (exact) mass is 285 g/mol. The highest BCUT2D eigenvalue weighted by molar-refractivity contribution is 9.10. The van der Waals surface area contributed by atoms with Crippen LogP contribution in [0.15, 0.2) is 22.7 Å². The van der Waals surface area contributed by atoms with Crippen LogP contribution in [-0.4, -0.2) is 35.6 Å². The van der Waals surface area contributed by atoms with Crippen molar-refractivity contribution in [3.8, 4) is 0 Å². The van der Waals surface area contributed by atoms with Gasteiger partial charge in [-0.2, -0.15) is 0 Å². The number of rotatable bonds is 3. The van der Waals surface area contributed by atoms with E-state index in [9.17, 15) is 4.79 Å². The highest BCUT2D eigenvalue weighted by Crippen LogP contribution is 2.18. The fourth-order valence-corrected chi connectivity index (χ4v) is 1.70. The molecule has 0 saturated carbocycles. The number of benzene rings is 1. The number of hydrogen-bond acceptors (Lipinski definition) is 2. The molecule has 1 atom stereocenters. The maximum absolute atomic E-state index is 12.1. The van der Waals surface area contributed by atoms with Crippen molar-refractivity contribution in [2.75, 3.05) is 13.7 Å². The Bertz CT molecular complexity index is 393. The molecular formula is C12H16BrNO2. The lowest BCUT2D eigenvalue weighted by atomic mass is 10.1. The second-order valence-corrected chi connectivity index (χ2v) is 4.82. The van der Waals surface area contributed by atoms with Gasteiger partial charge in [0.05, 0.1) is 12.6 Å². The third-order valence-corrected chi connectivity index (χ3v) is 3.17. The Hall–Kier alpha value is -0.870. The van der Waals surface area contributed by atoms with E-state index in [1.54, 1.807) is 18.0 Å². The van der Waals surface area contributed by atoms with Crippen molar-refractivity contribution >= 4 is 21.8 Å². The number of aliphatic hydroxyl groups excluding tert-OH is 1. The van der Waals surface area contributed by atoms with Gasteiger partial charge >= 0.3 is 0 Å². The Kier molecular flexibility index (Phi) is 4.50. The van der Waals surface area contributed by atoms with Crippen LogP contribution in [0.3, 0.4) is 0 Å². The number of halogens is 1. The summed E-state index contributed by atoms with van der Waals surface area (Å²) in [5, 5.41) is 9.02. The molecule has 1 rings (SSSR count). The first-order valence-corrected chi connectivity index (χ1v) is 5.90. The minimum Gasteiger partial charge on any atom is -0.394 e. The number of aliphatic hydroxyl groups is 1. The molecule has 0 aliphatic carbocycles. The number of amides is 1. The summed E-state index contributed by atoms with van der Waals surface area (Å²) < 4.78 is 0.881. The first-order valence-electron chi connectivity index (χ1n) is 5.11. The Labute approximate surface area is 104 Å². The molecule has 1 N–H and O–H groups in total. The lowest BCUT2D eigenvalue weighted by Gasteiger charge is -2.24. The van der Waals surface area contributed by atoms with Crippen LogP contribution in [0.1, 0.15) is 22.8 Å². The highest BCUT2D eigenvalue weighted by atomic mass is 79.9. The molecule has 1 aromatic carbocycles. The van der Waals surface area contributed by atoms with Crippen molar-refractivity contribution in [1.29, 1.82) is 0 Å². The van der Waals surface area contributed by atoms with Crippen LogP contribution in [0, 0.1) is 6.92 Å². The van der Waals surface area contributed by atoms with E-state index in [-0.39, 0.29) is 18.6 Å². The fraction of sp³-hybridized carbons (Fsp3) is 0.417. The standard InChI is InChI=1S/C12H16BrNO2/c1-8-4-5-10(13)6-11(8)12(16)14(3)9(2)7-15/h4-6,9,15H,7H2,1-3H3. The molecular weight excluding hydrogens is 270 g/mol. The average molecular weight is 286 g/mol. The summed E-state index contributed by atoms with van der Waals surface area (Å²) in [5.74, 6) is -0.0691. The zero-order chi connectivity index (χ0) is 12.3. The molecule has 0 aliphatic rings. The zero-order valence-corrected chi connectivity index (χ0v) is 11.3. The van der Waals surface area contributed by atoms with Gasteiger partial charge in [-0.1, -0.05) is 22.0 Å². The number of nitrogens with zero attached hydrogens (tertiary/aromatic N) is 1. The molecule has 1 unspecified atom stereocenters. The molecule has 0 fully saturated rings. The van der Waals surface area contributed by atoms with Crippen LogP contribution in [0.4, 0.5) is 0 Å². The first kappa shape index (κ1) is 13.2. The van der Waals surface area contributed by atoms with Gasteiger partial charge in [0.2, 0.25) is 0 Å². The smallest absolute Gasteiger partial charge is 0.254 e. The van der Waals surface area contributed by atoms with E-state index in [1.165, 1.54) is 0 Å². The van der Waals surface area contributed by atoms with Gasteiger partial charge in [0, 0.05) is 17.1 Å². The highest BCUT2D eigenvalue weighted by Gasteiger charge is 2.18. The van der Waals surface area contributed by atoms with Crippen LogP contribution in [-0.2, 0) is 0 Å². The minimum absolute atomic E-state index is 0.0324. The van der Waals surface area contributed by atoms with Crippen LogP contribution < -0.4 is 0 Å². The van der Waals surface area contributed by atoms with Crippen molar-refractivity contribution in [2.24, 2.45) is 0 Å². The van der Waals surface area contributed by atoms with Gasteiger partial charge < -0.3 is 10.0 Å². The molecule has 16 heavy (non-hydrogen) atoms. The van der Waals surface area contributed by atoms with E-state index < -0.39 is 0 Å². The molecule has 0 radical (unpaired) electrons. The molecule has 3 nitrogen and oxygen atoms in total. The van der Waals surface area contributed by atoms with Gasteiger partial charge in [-0.15, -0.1) is 0 Å². The quantitative estimate of drug-likeness (QED) is 0.925. The van der Waals surface area contributed by atoms with Crippen LogP contribution in [0.5, 0.6) is 0 Å². The lowest BCUT2D eigenvalue weighted by Crippen LogP contribution is -2.37. The van der Waals surface area contributed by atoms with Gasteiger partial charge in [0.15, 0.2) is 0 Å². The summed E-state index contributed by atoms with van der Waals surface area (Å²) in [6, 6.07) is 5.43. The molecule has 4 heteroatoms. The summed E-state index contributed by atoms with van der Waals surface area (Å²) in [6.07, 6.45) is 0. The van der Waals surface area contributed by atoms with E-state index in [0.717, 1.165) is 10.0 Å². The SMILES string of the molecule is Cc1ccc(Br)cc1C(=O)N(C)C(C)CO. The zero-order valence-electron chi connectivity index (χ0n) is 9.70. The Balaban J connectivity index is 3.00. The van der Waals surface area contributed by atoms with Crippen molar-refractivity contribution in [3.63, 3.8) is 0 Å². The Morgan fingerprint density at radius 1 is 1.56 bits per heavy atom. The number of aryl methyl sites for hydroxylation is 1. The second-order valence-electron chi connectivity index (χ2n) is 3.91. The van der Waals surface area contributed by atoms with Gasteiger partial charge in [-0.25, -0.2) is 0 Å². The third-order valence-electron chi connectivity index (χ3n) is 2.68. The normalized spacial score (nSPS) is 12.3. The van der Waals surface area contributed by atoms with E-state index in [1.807, 2.05) is 26.0 Å². The van der Waals surface area contributed by atoms with Gasteiger partial charge in [-0.3, -0.25) is 4.79 Å². The molecule has 0 heterocycles. The van der Waals surface area contributed by atoms with Crippen LogP contribution >= 0.6 is 15.9 Å². The summed E-state index contributed by atoms with van der Waals surface area (Å²) in [6.45, 7) is 3.68. The minimum atomic E-state index is -0.175. The molecule has 1 aromatic rings. The summed E-state index contributed by atoms with van der Waals surface area (Å²) >= 11 is 3.35. The van der Waals surface area contributed by atoms with Crippen LogP contribution in [0.25, 0.3) is 0 Å². The number of hydrogen-bond donors (Lipinski definition) is 1. The molecule has 0 spiro atoms. The molecule has 1 amide bonds. The topological polar surface area (TPSA) is 40.5 Å². The molecule has 0 aliphatic heterocycles. The Morgan fingerprint density at radius 3 is 2.75 bits per heavy atom. The van der Waals surface area contributed by atoms with Crippen LogP contribution in [0.2, 0.25) is 0 Å². The molecule has 0 bridgehead atoms. The Morgan fingerprint density at radius 2 is 2.19 bits per heavy atom.